The molecule has 100 valence electrons. The van der Waals surface area contributed by atoms with Gasteiger partial charge in [-0.3, -0.25) is 4.79 Å². The van der Waals surface area contributed by atoms with E-state index in [2.05, 4.69) is 15.3 Å². The second-order valence-electron chi connectivity index (χ2n) is 3.84. The van der Waals surface area contributed by atoms with Crippen molar-refractivity contribution in [1.29, 1.82) is 0 Å². The third-order valence-corrected chi connectivity index (χ3v) is 4.43. The molecule has 0 radical (unpaired) electrons. The molecule has 2 rings (SSSR count). The summed E-state index contributed by atoms with van der Waals surface area (Å²) in [6, 6.07) is 3.99. The Balaban J connectivity index is 1.84. The zero-order chi connectivity index (χ0) is 13.7. The summed E-state index contributed by atoms with van der Waals surface area (Å²) in [5.41, 5.74) is 5.66. The topological polar surface area (TPSA) is 80.9 Å². The number of thiophene rings is 1. The number of anilines is 1. The average molecular weight is 294 g/mol. The molecule has 0 aliphatic carbocycles. The lowest BCUT2D eigenvalue weighted by Crippen LogP contribution is -2.27. The Hall–Kier alpha value is -1.60. The second kappa shape index (κ2) is 6.53. The fourth-order valence-corrected chi connectivity index (χ4v) is 2.89. The van der Waals surface area contributed by atoms with Crippen molar-refractivity contribution in [2.75, 3.05) is 11.5 Å². The zero-order valence-corrected chi connectivity index (χ0v) is 12.0. The van der Waals surface area contributed by atoms with Crippen molar-refractivity contribution in [2.24, 2.45) is 0 Å². The van der Waals surface area contributed by atoms with Crippen LogP contribution in [0.1, 0.15) is 17.8 Å². The number of nitrogens with one attached hydrogen (secondary N) is 1. The molecule has 2 heterocycles. The highest BCUT2D eigenvalue weighted by atomic mass is 32.2. The summed E-state index contributed by atoms with van der Waals surface area (Å²) >= 11 is 2.91. The van der Waals surface area contributed by atoms with Crippen molar-refractivity contribution in [3.8, 4) is 0 Å². The van der Waals surface area contributed by atoms with E-state index in [9.17, 15) is 4.79 Å². The van der Waals surface area contributed by atoms with Crippen LogP contribution in [0, 0.1) is 0 Å². The molecule has 3 N–H and O–H groups in total. The number of aromatic nitrogens is 2. The Morgan fingerprint density at radius 3 is 3.00 bits per heavy atom. The Kier molecular flexibility index (Phi) is 4.75. The summed E-state index contributed by atoms with van der Waals surface area (Å²) in [5.74, 6) is 0.584. The molecule has 0 spiro atoms. The molecular weight excluding hydrogens is 280 g/mol. The first-order chi connectivity index (χ1) is 9.16. The van der Waals surface area contributed by atoms with Gasteiger partial charge < -0.3 is 11.1 Å². The molecule has 0 aliphatic rings. The Morgan fingerprint density at radius 1 is 1.53 bits per heavy atom. The SMILES string of the molecule is CC(NC(=O)CSc1nccnc1N)c1cccs1. The van der Waals surface area contributed by atoms with Crippen molar-refractivity contribution in [1.82, 2.24) is 15.3 Å². The molecular formula is C12H14N4OS2. The first-order valence-electron chi connectivity index (χ1n) is 5.69. The maximum absolute atomic E-state index is 11.8. The standard InChI is InChI=1S/C12H14N4OS2/c1-8(9-3-2-6-18-9)16-10(17)7-19-12-11(13)14-4-5-15-12/h2-6,8H,7H2,1H3,(H2,13,14)(H,16,17). The van der Waals surface area contributed by atoms with Gasteiger partial charge in [0.25, 0.3) is 0 Å². The lowest BCUT2D eigenvalue weighted by molar-refractivity contribution is -0.119. The number of nitrogens with zero attached hydrogens (tertiary/aromatic N) is 2. The molecule has 0 bridgehead atoms. The lowest BCUT2D eigenvalue weighted by atomic mass is 10.3. The molecule has 19 heavy (non-hydrogen) atoms. The van der Waals surface area contributed by atoms with E-state index in [4.69, 9.17) is 5.73 Å². The summed E-state index contributed by atoms with van der Waals surface area (Å²) in [6.07, 6.45) is 3.09. The number of hydrogen-bond donors (Lipinski definition) is 2. The number of carbonyl (C=O) groups is 1. The van der Waals surface area contributed by atoms with Crippen LogP contribution in [0.2, 0.25) is 0 Å². The molecule has 7 heteroatoms. The summed E-state index contributed by atoms with van der Waals surface area (Å²) in [6.45, 7) is 1.96. The number of nitrogen functional groups attached to an aromatic ring is 1. The smallest absolute Gasteiger partial charge is 0.230 e. The largest absolute Gasteiger partial charge is 0.381 e. The molecule has 0 saturated carbocycles. The van der Waals surface area contributed by atoms with Crippen molar-refractivity contribution in [2.45, 2.75) is 18.0 Å². The van der Waals surface area contributed by atoms with Gasteiger partial charge in [0.1, 0.15) is 5.03 Å². The third-order valence-electron chi connectivity index (χ3n) is 2.38. The molecule has 0 aromatic carbocycles. The van der Waals surface area contributed by atoms with Gasteiger partial charge in [0, 0.05) is 17.3 Å². The fourth-order valence-electron chi connectivity index (χ4n) is 1.47. The molecule has 1 unspecified atom stereocenters. The lowest BCUT2D eigenvalue weighted by Gasteiger charge is -2.11. The van der Waals surface area contributed by atoms with Gasteiger partial charge in [0.15, 0.2) is 5.82 Å². The predicted molar refractivity (Wildman–Crippen MR) is 78.0 cm³/mol. The molecule has 0 aliphatic heterocycles. The van der Waals surface area contributed by atoms with Crippen molar-refractivity contribution >= 4 is 34.8 Å². The normalized spacial score (nSPS) is 12.1. The molecule has 2 aromatic rings. The monoisotopic (exact) mass is 294 g/mol. The summed E-state index contributed by atoms with van der Waals surface area (Å²) in [5, 5.41) is 5.51. The molecule has 0 saturated heterocycles. The second-order valence-corrected chi connectivity index (χ2v) is 5.78. The van der Waals surface area contributed by atoms with Crippen LogP contribution < -0.4 is 11.1 Å². The molecule has 1 atom stereocenters. The van der Waals surface area contributed by atoms with E-state index in [1.165, 1.54) is 18.0 Å². The van der Waals surface area contributed by atoms with E-state index in [0.717, 1.165) is 4.88 Å². The molecule has 0 fully saturated rings. The van der Waals surface area contributed by atoms with Crippen molar-refractivity contribution < 1.29 is 4.79 Å². The van der Waals surface area contributed by atoms with E-state index in [1.54, 1.807) is 17.5 Å². The van der Waals surface area contributed by atoms with Crippen LogP contribution in [-0.4, -0.2) is 21.6 Å². The zero-order valence-electron chi connectivity index (χ0n) is 10.4. The number of amides is 1. The van der Waals surface area contributed by atoms with Gasteiger partial charge in [-0.1, -0.05) is 17.8 Å². The van der Waals surface area contributed by atoms with Crippen LogP contribution in [-0.2, 0) is 4.79 Å². The third kappa shape index (κ3) is 3.93. The summed E-state index contributed by atoms with van der Waals surface area (Å²) in [4.78, 5) is 21.0. The Morgan fingerprint density at radius 2 is 2.32 bits per heavy atom. The maximum atomic E-state index is 11.8. The maximum Gasteiger partial charge on any atom is 0.230 e. The van der Waals surface area contributed by atoms with Crippen molar-refractivity contribution in [3.63, 3.8) is 0 Å². The van der Waals surface area contributed by atoms with Gasteiger partial charge >= 0.3 is 0 Å². The summed E-state index contributed by atoms with van der Waals surface area (Å²) < 4.78 is 0. The van der Waals surface area contributed by atoms with Crippen LogP contribution in [0.15, 0.2) is 34.9 Å². The summed E-state index contributed by atoms with van der Waals surface area (Å²) in [7, 11) is 0. The number of nitrogens with two attached hydrogens (primary N) is 1. The number of thioether (sulfide) groups is 1. The van der Waals surface area contributed by atoms with Gasteiger partial charge in [0.2, 0.25) is 5.91 Å². The van der Waals surface area contributed by atoms with Gasteiger partial charge in [-0.2, -0.15) is 0 Å². The Bertz CT molecular complexity index is 544. The highest BCUT2D eigenvalue weighted by Gasteiger charge is 2.11. The van der Waals surface area contributed by atoms with Crippen LogP contribution in [0.5, 0.6) is 0 Å². The van der Waals surface area contributed by atoms with Gasteiger partial charge in [0.05, 0.1) is 11.8 Å². The average Bonchev–Trinajstić information content (AvgIpc) is 2.91. The quantitative estimate of drug-likeness (QED) is 0.825. The Labute approximate surface area is 119 Å². The van der Waals surface area contributed by atoms with E-state index >= 15 is 0 Å². The van der Waals surface area contributed by atoms with Gasteiger partial charge in [-0.15, -0.1) is 11.3 Å². The van der Waals surface area contributed by atoms with Crippen LogP contribution in [0.4, 0.5) is 5.82 Å². The molecule has 5 nitrogen and oxygen atoms in total. The van der Waals surface area contributed by atoms with E-state index in [-0.39, 0.29) is 17.7 Å². The number of rotatable bonds is 5. The first-order valence-corrected chi connectivity index (χ1v) is 7.55. The van der Waals surface area contributed by atoms with E-state index in [1.807, 2.05) is 24.4 Å². The van der Waals surface area contributed by atoms with E-state index < -0.39 is 0 Å². The minimum atomic E-state index is -0.0454. The molecule has 2 aromatic heterocycles. The highest BCUT2D eigenvalue weighted by molar-refractivity contribution is 8.00. The minimum Gasteiger partial charge on any atom is -0.381 e. The fraction of sp³-hybridized carbons (Fsp3) is 0.250. The van der Waals surface area contributed by atoms with E-state index in [0.29, 0.717) is 10.8 Å². The minimum absolute atomic E-state index is 0.0207. The van der Waals surface area contributed by atoms with Crippen LogP contribution in [0.3, 0.4) is 0 Å². The van der Waals surface area contributed by atoms with Crippen LogP contribution in [0.25, 0.3) is 0 Å². The van der Waals surface area contributed by atoms with Gasteiger partial charge in [-0.05, 0) is 18.4 Å². The predicted octanol–water partition coefficient (Wildman–Crippen LogP) is 2.09. The van der Waals surface area contributed by atoms with Crippen LogP contribution >= 0.6 is 23.1 Å². The molecule has 1 amide bonds. The van der Waals surface area contributed by atoms with Gasteiger partial charge in [-0.25, -0.2) is 9.97 Å². The van der Waals surface area contributed by atoms with Crippen molar-refractivity contribution in [3.05, 3.63) is 34.8 Å². The first kappa shape index (κ1) is 13.8. The highest BCUT2D eigenvalue weighted by Crippen LogP contribution is 2.21. The number of hydrogen-bond acceptors (Lipinski definition) is 6. The number of carbonyl (C=O) groups excluding carboxylic acids is 1.